The molecule has 18 heavy (non-hydrogen) atoms. The van der Waals surface area contributed by atoms with Gasteiger partial charge in [-0.2, -0.15) is 5.26 Å². The second-order valence-electron chi connectivity index (χ2n) is 4.79. The largest absolute Gasteiger partial charge is 0.387 e. The van der Waals surface area contributed by atoms with Crippen molar-refractivity contribution < 1.29 is 9.84 Å². The normalized spacial score (nSPS) is 20.1. The van der Waals surface area contributed by atoms with Gasteiger partial charge in [0.15, 0.2) is 0 Å². The fraction of sp³-hybridized carbons (Fsp3) is 0.500. The molecule has 1 unspecified atom stereocenters. The second kappa shape index (κ2) is 5.40. The van der Waals surface area contributed by atoms with Crippen LogP contribution in [-0.4, -0.2) is 18.3 Å². The van der Waals surface area contributed by atoms with Gasteiger partial charge in [0.25, 0.3) is 0 Å². The molecule has 3 nitrogen and oxygen atoms in total. The van der Waals surface area contributed by atoms with Gasteiger partial charge in [-0.25, -0.2) is 0 Å². The minimum atomic E-state index is -0.761. The minimum Gasteiger partial charge on any atom is -0.387 e. The van der Waals surface area contributed by atoms with E-state index in [4.69, 9.17) is 4.74 Å². The maximum Gasteiger partial charge on any atom is 0.0978 e. The summed E-state index contributed by atoms with van der Waals surface area (Å²) in [5.41, 5.74) is 1.19. The minimum absolute atomic E-state index is 0.539. The van der Waals surface area contributed by atoms with Gasteiger partial charge in [-0.3, -0.25) is 0 Å². The number of nitriles is 1. The number of benzene rings is 1. The molecule has 0 bridgehead atoms. The zero-order chi connectivity index (χ0) is 13.2. The van der Waals surface area contributed by atoms with Crippen LogP contribution in [0.2, 0.25) is 0 Å². The molecule has 1 heterocycles. The number of halogens is 1. The molecular weight excluding hydrogens is 294 g/mol. The molecule has 2 rings (SSSR count). The average molecular weight is 310 g/mol. The van der Waals surface area contributed by atoms with Crippen molar-refractivity contribution >= 4 is 15.9 Å². The lowest BCUT2D eigenvalue weighted by molar-refractivity contribution is -0.0310. The van der Waals surface area contributed by atoms with Crippen molar-refractivity contribution in [3.05, 3.63) is 33.8 Å². The van der Waals surface area contributed by atoms with E-state index in [0.717, 1.165) is 15.6 Å². The summed E-state index contributed by atoms with van der Waals surface area (Å²) in [4.78, 5) is 0. The number of ether oxygens (including phenoxy) is 1. The molecule has 96 valence electrons. The van der Waals surface area contributed by atoms with Crippen molar-refractivity contribution in [2.75, 3.05) is 13.2 Å². The lowest BCUT2D eigenvalue weighted by atomic mass is 9.74. The number of hydrogen-bond donors (Lipinski definition) is 1. The van der Waals surface area contributed by atoms with E-state index >= 15 is 0 Å². The molecule has 0 amide bonds. The first-order valence-corrected chi connectivity index (χ1v) is 6.81. The highest BCUT2D eigenvalue weighted by molar-refractivity contribution is 9.10. The quantitative estimate of drug-likeness (QED) is 0.913. The Labute approximate surface area is 116 Å². The SMILES string of the molecule is Cc1ccc(C(O)C2(C#N)CCOCC2)cc1Br. The second-order valence-corrected chi connectivity index (χ2v) is 5.65. The molecule has 1 aliphatic rings. The number of aliphatic hydroxyl groups excluding tert-OH is 1. The van der Waals surface area contributed by atoms with Crippen molar-refractivity contribution in [1.82, 2.24) is 0 Å². The Kier molecular flexibility index (Phi) is 4.06. The molecule has 1 saturated heterocycles. The van der Waals surface area contributed by atoms with E-state index in [0.29, 0.717) is 26.1 Å². The third-order valence-electron chi connectivity index (χ3n) is 3.64. The first kappa shape index (κ1) is 13.5. The summed E-state index contributed by atoms with van der Waals surface area (Å²) in [5.74, 6) is 0. The number of hydrogen-bond acceptors (Lipinski definition) is 3. The first-order chi connectivity index (χ1) is 8.59. The maximum absolute atomic E-state index is 10.5. The van der Waals surface area contributed by atoms with Gasteiger partial charge in [0, 0.05) is 17.7 Å². The topological polar surface area (TPSA) is 53.2 Å². The molecular formula is C14H16BrNO2. The summed E-state index contributed by atoms with van der Waals surface area (Å²) in [6, 6.07) is 8.04. The average Bonchev–Trinajstić information content (AvgIpc) is 2.42. The number of rotatable bonds is 2. The van der Waals surface area contributed by atoms with Crippen LogP contribution in [0.15, 0.2) is 22.7 Å². The summed E-state index contributed by atoms with van der Waals surface area (Å²) in [7, 11) is 0. The van der Waals surface area contributed by atoms with Gasteiger partial charge < -0.3 is 9.84 Å². The standard InChI is InChI=1S/C14H16BrNO2/c1-10-2-3-11(8-12(10)15)13(17)14(9-16)4-6-18-7-5-14/h2-3,8,13,17H,4-7H2,1H3. The van der Waals surface area contributed by atoms with Crippen LogP contribution in [0.25, 0.3) is 0 Å². The molecule has 0 aliphatic carbocycles. The highest BCUT2D eigenvalue weighted by atomic mass is 79.9. The van der Waals surface area contributed by atoms with Gasteiger partial charge in [0.1, 0.15) is 0 Å². The molecule has 0 saturated carbocycles. The molecule has 1 N–H and O–H groups in total. The van der Waals surface area contributed by atoms with Crippen LogP contribution in [0.5, 0.6) is 0 Å². The summed E-state index contributed by atoms with van der Waals surface area (Å²) < 4.78 is 6.24. The summed E-state index contributed by atoms with van der Waals surface area (Å²) in [6.07, 6.45) is 0.398. The Morgan fingerprint density at radius 3 is 2.67 bits per heavy atom. The van der Waals surface area contributed by atoms with Gasteiger partial charge in [-0.05, 0) is 37.0 Å². The van der Waals surface area contributed by atoms with E-state index in [1.165, 1.54) is 0 Å². The Morgan fingerprint density at radius 2 is 2.11 bits per heavy atom. The number of aliphatic hydroxyl groups is 1. The smallest absolute Gasteiger partial charge is 0.0978 e. The third kappa shape index (κ3) is 2.44. The molecule has 0 spiro atoms. The molecule has 1 atom stereocenters. The van der Waals surface area contributed by atoms with Crippen molar-refractivity contribution in [3.8, 4) is 6.07 Å². The summed E-state index contributed by atoms with van der Waals surface area (Å²) >= 11 is 3.46. The van der Waals surface area contributed by atoms with E-state index in [9.17, 15) is 10.4 Å². The Balaban J connectivity index is 2.31. The fourth-order valence-corrected chi connectivity index (χ4v) is 2.68. The molecule has 1 aromatic rings. The fourth-order valence-electron chi connectivity index (χ4n) is 2.28. The van der Waals surface area contributed by atoms with E-state index in [-0.39, 0.29) is 0 Å². The molecule has 1 aromatic carbocycles. The van der Waals surface area contributed by atoms with Gasteiger partial charge >= 0.3 is 0 Å². The van der Waals surface area contributed by atoms with E-state index in [1.807, 2.05) is 25.1 Å². The Bertz CT molecular complexity index is 475. The lowest BCUT2D eigenvalue weighted by Crippen LogP contribution is -2.34. The van der Waals surface area contributed by atoms with Crippen molar-refractivity contribution in [3.63, 3.8) is 0 Å². The van der Waals surface area contributed by atoms with Gasteiger partial charge in [-0.15, -0.1) is 0 Å². The van der Waals surface area contributed by atoms with Crippen molar-refractivity contribution in [1.29, 1.82) is 5.26 Å². The molecule has 0 radical (unpaired) electrons. The first-order valence-electron chi connectivity index (χ1n) is 6.02. The predicted octanol–water partition coefficient (Wildman–Crippen LogP) is 3.11. The van der Waals surface area contributed by atoms with Gasteiger partial charge in [0.05, 0.1) is 17.6 Å². The number of aryl methyl sites for hydroxylation is 1. The molecule has 0 aromatic heterocycles. The van der Waals surface area contributed by atoms with Crippen LogP contribution < -0.4 is 0 Å². The highest BCUT2D eigenvalue weighted by Crippen LogP contribution is 2.42. The zero-order valence-corrected chi connectivity index (χ0v) is 11.9. The van der Waals surface area contributed by atoms with Gasteiger partial charge in [-0.1, -0.05) is 28.1 Å². The van der Waals surface area contributed by atoms with Crippen LogP contribution in [0, 0.1) is 23.7 Å². The van der Waals surface area contributed by atoms with Crippen molar-refractivity contribution in [2.45, 2.75) is 25.9 Å². The van der Waals surface area contributed by atoms with Crippen LogP contribution in [0.1, 0.15) is 30.1 Å². The van der Waals surface area contributed by atoms with E-state index in [2.05, 4.69) is 22.0 Å². The van der Waals surface area contributed by atoms with Gasteiger partial charge in [0.2, 0.25) is 0 Å². The van der Waals surface area contributed by atoms with Crippen LogP contribution in [-0.2, 0) is 4.74 Å². The van der Waals surface area contributed by atoms with E-state index in [1.54, 1.807) is 0 Å². The molecule has 1 fully saturated rings. The van der Waals surface area contributed by atoms with Crippen LogP contribution in [0.4, 0.5) is 0 Å². The highest BCUT2D eigenvalue weighted by Gasteiger charge is 2.40. The Morgan fingerprint density at radius 1 is 1.44 bits per heavy atom. The van der Waals surface area contributed by atoms with Crippen LogP contribution in [0.3, 0.4) is 0 Å². The maximum atomic E-state index is 10.5. The zero-order valence-electron chi connectivity index (χ0n) is 10.3. The van der Waals surface area contributed by atoms with E-state index < -0.39 is 11.5 Å². The molecule has 1 aliphatic heterocycles. The van der Waals surface area contributed by atoms with Crippen molar-refractivity contribution in [2.24, 2.45) is 5.41 Å². The predicted molar refractivity (Wildman–Crippen MR) is 71.9 cm³/mol. The molecule has 4 heteroatoms. The Hall–Kier alpha value is -0.890. The lowest BCUT2D eigenvalue weighted by Gasteiger charge is -2.35. The monoisotopic (exact) mass is 309 g/mol. The summed E-state index contributed by atoms with van der Waals surface area (Å²) in [6.45, 7) is 3.07. The number of nitrogens with zero attached hydrogens (tertiary/aromatic N) is 1. The third-order valence-corrected chi connectivity index (χ3v) is 4.50. The summed E-state index contributed by atoms with van der Waals surface area (Å²) in [5, 5.41) is 19.9. The van der Waals surface area contributed by atoms with Crippen LogP contribution >= 0.6 is 15.9 Å².